The average Bonchev–Trinajstić information content (AvgIpc) is 2.44. The summed E-state index contributed by atoms with van der Waals surface area (Å²) in [5, 5.41) is 1.75. The van der Waals surface area contributed by atoms with E-state index in [-0.39, 0.29) is 37.1 Å². The number of ether oxygens (including phenoxy) is 1. The summed E-state index contributed by atoms with van der Waals surface area (Å²) in [6.45, 7) is 4.55. The van der Waals surface area contributed by atoms with Crippen LogP contribution in [0.1, 0.15) is 26.7 Å². The molecule has 122 valence electrons. The molecule has 2 unspecified atom stereocenters. The van der Waals surface area contributed by atoms with Crippen LogP contribution in [0.2, 0.25) is 0 Å². The van der Waals surface area contributed by atoms with E-state index in [4.69, 9.17) is 22.7 Å². The third-order valence-electron chi connectivity index (χ3n) is 3.31. The number of morpholine rings is 1. The Kier molecular flexibility index (Phi) is 6.98. The van der Waals surface area contributed by atoms with Gasteiger partial charge >= 0.3 is 0 Å². The van der Waals surface area contributed by atoms with E-state index < -0.39 is 21.3 Å². The number of sulfonamides is 1. The highest BCUT2D eigenvalue weighted by Gasteiger charge is 2.41. The lowest BCUT2D eigenvalue weighted by molar-refractivity contribution is -0.129. The van der Waals surface area contributed by atoms with Crippen LogP contribution in [0.15, 0.2) is 0 Å². The lowest BCUT2D eigenvalue weighted by Crippen LogP contribution is -2.58. The first-order chi connectivity index (χ1) is 9.86. The largest absolute Gasteiger partial charge is 0.392 e. The summed E-state index contributed by atoms with van der Waals surface area (Å²) in [7, 11) is -3.77. The topological polar surface area (TPSA) is 102 Å². The summed E-state index contributed by atoms with van der Waals surface area (Å²) >= 11 is 4.85. The monoisotopic (exact) mass is 337 g/mol. The van der Waals surface area contributed by atoms with Crippen LogP contribution in [0, 0.1) is 0 Å². The number of nitrogens with two attached hydrogens (primary N) is 1. The minimum Gasteiger partial charge on any atom is -0.392 e. The van der Waals surface area contributed by atoms with Gasteiger partial charge in [0.25, 0.3) is 0 Å². The van der Waals surface area contributed by atoms with Crippen molar-refractivity contribution in [2.45, 2.75) is 38.0 Å². The van der Waals surface area contributed by atoms with Crippen molar-refractivity contribution in [1.29, 1.82) is 0 Å². The van der Waals surface area contributed by atoms with Crippen molar-refractivity contribution in [2.75, 3.05) is 26.3 Å². The second-order valence-electron chi connectivity index (χ2n) is 4.84. The Labute approximate surface area is 131 Å². The Balaban J connectivity index is 2.99. The molecule has 1 aliphatic heterocycles. The molecule has 1 amide bonds. The predicted molar refractivity (Wildman–Crippen MR) is 84.4 cm³/mol. The van der Waals surface area contributed by atoms with Gasteiger partial charge in [-0.1, -0.05) is 26.1 Å². The molecule has 0 aromatic rings. The van der Waals surface area contributed by atoms with Crippen molar-refractivity contribution >= 4 is 33.1 Å². The van der Waals surface area contributed by atoms with Crippen molar-refractivity contribution in [1.82, 2.24) is 9.62 Å². The average molecular weight is 337 g/mol. The lowest BCUT2D eigenvalue weighted by Gasteiger charge is -2.35. The molecule has 1 fully saturated rings. The van der Waals surface area contributed by atoms with Crippen LogP contribution in [0.4, 0.5) is 0 Å². The number of hydrogen-bond acceptors (Lipinski definition) is 5. The summed E-state index contributed by atoms with van der Waals surface area (Å²) in [5.74, 6) is -0.349. The summed E-state index contributed by atoms with van der Waals surface area (Å²) in [4.78, 5) is 12.1. The van der Waals surface area contributed by atoms with Gasteiger partial charge in [0, 0.05) is 13.1 Å². The first kappa shape index (κ1) is 18.3. The van der Waals surface area contributed by atoms with Crippen LogP contribution in [-0.2, 0) is 19.6 Å². The van der Waals surface area contributed by atoms with Gasteiger partial charge in [0.2, 0.25) is 15.9 Å². The second kappa shape index (κ2) is 8.02. The van der Waals surface area contributed by atoms with Crippen LogP contribution >= 0.6 is 12.2 Å². The van der Waals surface area contributed by atoms with E-state index in [9.17, 15) is 13.2 Å². The lowest BCUT2D eigenvalue weighted by atomic mass is 10.2. The van der Waals surface area contributed by atoms with Gasteiger partial charge < -0.3 is 15.8 Å². The number of amides is 1. The molecule has 0 bridgehead atoms. The van der Waals surface area contributed by atoms with Gasteiger partial charge in [-0.2, -0.15) is 4.31 Å². The number of hydrogen-bond donors (Lipinski definition) is 2. The molecule has 7 nitrogen and oxygen atoms in total. The third-order valence-corrected chi connectivity index (χ3v) is 6.14. The number of carbonyl (C=O) groups is 1. The summed E-state index contributed by atoms with van der Waals surface area (Å²) < 4.78 is 31.8. The zero-order valence-corrected chi connectivity index (χ0v) is 14.0. The normalized spacial score (nSPS) is 21.7. The van der Waals surface area contributed by atoms with E-state index in [1.54, 1.807) is 6.92 Å². The van der Waals surface area contributed by atoms with Crippen LogP contribution in [0.5, 0.6) is 0 Å². The molecule has 3 N–H and O–H groups in total. The van der Waals surface area contributed by atoms with Crippen LogP contribution < -0.4 is 11.1 Å². The highest BCUT2D eigenvalue weighted by molar-refractivity contribution is 7.92. The standard InChI is InChI=1S/C12H23N3O4S2/c1-3-5-14-12(16)9-8-19-7-6-15(9)21(17,18)10(4-2)11(13)20/h9-10H,3-8H2,1-2H3,(H2,13,20)(H,14,16). The zero-order chi connectivity index (χ0) is 16.0. The van der Waals surface area contributed by atoms with E-state index in [0.717, 1.165) is 6.42 Å². The Morgan fingerprint density at radius 3 is 2.71 bits per heavy atom. The van der Waals surface area contributed by atoms with Gasteiger partial charge in [0.15, 0.2) is 0 Å². The van der Waals surface area contributed by atoms with Gasteiger partial charge in [0.1, 0.15) is 11.3 Å². The molecular formula is C12H23N3O4S2. The van der Waals surface area contributed by atoms with Crippen LogP contribution in [0.3, 0.4) is 0 Å². The Morgan fingerprint density at radius 2 is 2.19 bits per heavy atom. The molecule has 1 saturated heterocycles. The van der Waals surface area contributed by atoms with Crippen molar-refractivity contribution in [3.05, 3.63) is 0 Å². The highest BCUT2D eigenvalue weighted by Crippen LogP contribution is 2.19. The Bertz CT molecular complexity index is 481. The maximum Gasteiger partial charge on any atom is 0.240 e. The smallest absolute Gasteiger partial charge is 0.240 e. The molecule has 1 rings (SSSR count). The van der Waals surface area contributed by atoms with Gasteiger partial charge in [-0.25, -0.2) is 8.42 Å². The molecule has 0 spiro atoms. The van der Waals surface area contributed by atoms with Crippen molar-refractivity contribution < 1.29 is 17.9 Å². The van der Waals surface area contributed by atoms with Crippen LogP contribution in [0.25, 0.3) is 0 Å². The van der Waals surface area contributed by atoms with Crippen molar-refractivity contribution in [3.63, 3.8) is 0 Å². The van der Waals surface area contributed by atoms with Crippen molar-refractivity contribution in [3.8, 4) is 0 Å². The van der Waals surface area contributed by atoms with Gasteiger partial charge in [-0.3, -0.25) is 4.79 Å². The first-order valence-corrected chi connectivity index (χ1v) is 8.92. The maximum atomic E-state index is 12.7. The molecule has 0 aromatic heterocycles. The third kappa shape index (κ3) is 4.35. The highest BCUT2D eigenvalue weighted by atomic mass is 32.2. The zero-order valence-electron chi connectivity index (χ0n) is 12.4. The van der Waals surface area contributed by atoms with E-state index in [2.05, 4.69) is 5.32 Å². The minimum atomic E-state index is -3.77. The molecule has 2 atom stereocenters. The predicted octanol–water partition coefficient (Wildman–Crippen LogP) is -0.392. The summed E-state index contributed by atoms with van der Waals surface area (Å²) in [5.41, 5.74) is 5.54. The first-order valence-electron chi connectivity index (χ1n) is 7.01. The molecule has 9 heteroatoms. The quantitative estimate of drug-likeness (QED) is 0.614. The fourth-order valence-electron chi connectivity index (χ4n) is 2.19. The second-order valence-corrected chi connectivity index (χ2v) is 7.38. The molecule has 21 heavy (non-hydrogen) atoms. The van der Waals surface area contributed by atoms with Gasteiger partial charge in [0.05, 0.1) is 18.2 Å². The molecule has 0 aliphatic carbocycles. The maximum absolute atomic E-state index is 12.7. The van der Waals surface area contributed by atoms with E-state index in [0.29, 0.717) is 6.54 Å². The van der Waals surface area contributed by atoms with E-state index in [1.807, 2.05) is 6.92 Å². The van der Waals surface area contributed by atoms with E-state index >= 15 is 0 Å². The van der Waals surface area contributed by atoms with Gasteiger partial charge in [-0.15, -0.1) is 0 Å². The number of nitrogens with zero attached hydrogens (tertiary/aromatic N) is 1. The molecule has 0 saturated carbocycles. The van der Waals surface area contributed by atoms with Crippen LogP contribution in [-0.4, -0.2) is 61.2 Å². The molecule has 1 heterocycles. The molecule has 1 aliphatic rings. The van der Waals surface area contributed by atoms with Crippen molar-refractivity contribution in [2.24, 2.45) is 5.73 Å². The molecular weight excluding hydrogens is 314 g/mol. The number of carbonyl (C=O) groups excluding carboxylic acids is 1. The fraction of sp³-hybridized carbons (Fsp3) is 0.833. The minimum absolute atomic E-state index is 0.0442. The number of rotatable bonds is 7. The van der Waals surface area contributed by atoms with Gasteiger partial charge in [-0.05, 0) is 12.8 Å². The fourth-order valence-corrected chi connectivity index (χ4v) is 4.60. The summed E-state index contributed by atoms with van der Waals surface area (Å²) in [6, 6.07) is -0.862. The number of nitrogens with one attached hydrogen (secondary N) is 1. The SMILES string of the molecule is CCCNC(=O)C1COCCN1S(=O)(=O)C(CC)C(N)=S. The Morgan fingerprint density at radius 1 is 1.52 bits per heavy atom. The van der Waals surface area contributed by atoms with E-state index in [1.165, 1.54) is 4.31 Å². The summed E-state index contributed by atoms with van der Waals surface area (Å²) in [6.07, 6.45) is 1.05. The molecule has 0 radical (unpaired) electrons. The number of thiocarbonyl (C=S) groups is 1. The Hall–Kier alpha value is -0.770. The molecule has 0 aromatic carbocycles.